The number of aliphatic hydroxyl groups is 1. The summed E-state index contributed by atoms with van der Waals surface area (Å²) >= 11 is 1.51. The molecular weight excluding hydrogens is 250 g/mol. The Labute approximate surface area is 111 Å². The van der Waals surface area contributed by atoms with E-state index in [0.717, 1.165) is 0 Å². The van der Waals surface area contributed by atoms with E-state index >= 15 is 0 Å². The number of fused-ring (bicyclic) bond motifs is 1. The minimum Gasteiger partial charge on any atom is -0.387 e. The highest BCUT2D eigenvalue weighted by Crippen LogP contribution is 2.35. The van der Waals surface area contributed by atoms with E-state index in [0.29, 0.717) is 18.6 Å². The number of nitrogens with zero attached hydrogens (tertiary/aromatic N) is 1. The fourth-order valence-electron chi connectivity index (χ4n) is 2.72. The molecule has 1 aliphatic heterocycles. The molecular formula is C13H19NO3S. The Morgan fingerprint density at radius 2 is 1.83 bits per heavy atom. The number of rotatable bonds is 4. The van der Waals surface area contributed by atoms with E-state index in [4.69, 9.17) is 0 Å². The summed E-state index contributed by atoms with van der Waals surface area (Å²) in [6.45, 7) is 1.78. The zero-order chi connectivity index (χ0) is 13.3. The van der Waals surface area contributed by atoms with Crippen LogP contribution in [0.25, 0.3) is 0 Å². The number of thioether (sulfide) groups is 1. The van der Waals surface area contributed by atoms with Crippen LogP contribution in [0.1, 0.15) is 19.8 Å². The summed E-state index contributed by atoms with van der Waals surface area (Å²) in [5.41, 5.74) is -1.01. The normalized spacial score (nSPS) is 30.5. The molecule has 2 rings (SSSR count). The van der Waals surface area contributed by atoms with Crippen LogP contribution in [0.5, 0.6) is 0 Å². The fourth-order valence-corrected chi connectivity index (χ4v) is 3.44. The van der Waals surface area contributed by atoms with Gasteiger partial charge in [-0.1, -0.05) is 12.2 Å². The molecule has 0 radical (unpaired) electrons. The Hall–Kier alpha value is -0.810. The second-order valence-corrected chi connectivity index (χ2v) is 6.21. The van der Waals surface area contributed by atoms with Crippen molar-refractivity contribution >= 4 is 23.6 Å². The Morgan fingerprint density at radius 1 is 1.33 bits per heavy atom. The summed E-state index contributed by atoms with van der Waals surface area (Å²) in [4.78, 5) is 25.6. The van der Waals surface area contributed by atoms with E-state index in [-0.39, 0.29) is 30.2 Å². The minimum atomic E-state index is -1.01. The first-order valence-corrected chi connectivity index (χ1v) is 7.57. The second-order valence-electron chi connectivity index (χ2n) is 5.35. The minimum absolute atomic E-state index is 0.110. The standard InChI is InChI=1S/C13H19NO3S/c1-13(17,8-18-2)7-14-11(15)9-5-3-4-6-10(9)12(14)16/h3-4,9-10,17H,5-8H2,1-2H3. The third-order valence-electron chi connectivity index (χ3n) is 3.55. The van der Waals surface area contributed by atoms with Crippen LogP contribution >= 0.6 is 11.8 Å². The SMILES string of the molecule is CSCC(C)(O)CN1C(=O)C2CC=CCC2C1=O. The van der Waals surface area contributed by atoms with Gasteiger partial charge in [0, 0.05) is 5.75 Å². The Bertz CT molecular complexity index is 366. The van der Waals surface area contributed by atoms with Crippen LogP contribution in [0.4, 0.5) is 0 Å². The number of likely N-dealkylation sites (tertiary alicyclic amines) is 1. The molecule has 0 saturated carbocycles. The van der Waals surface area contributed by atoms with Crippen molar-refractivity contribution in [1.82, 2.24) is 4.90 Å². The van der Waals surface area contributed by atoms with Crippen molar-refractivity contribution in [1.29, 1.82) is 0 Å². The summed E-state index contributed by atoms with van der Waals surface area (Å²) in [6.07, 6.45) is 7.13. The third-order valence-corrected chi connectivity index (χ3v) is 4.46. The summed E-state index contributed by atoms with van der Waals surface area (Å²) in [7, 11) is 0. The van der Waals surface area contributed by atoms with E-state index in [1.165, 1.54) is 16.7 Å². The molecule has 3 unspecified atom stereocenters. The number of hydrogen-bond acceptors (Lipinski definition) is 4. The van der Waals surface area contributed by atoms with E-state index in [1.54, 1.807) is 6.92 Å². The average Bonchev–Trinajstić information content (AvgIpc) is 2.55. The lowest BCUT2D eigenvalue weighted by Gasteiger charge is -2.27. The molecule has 1 fully saturated rings. The van der Waals surface area contributed by atoms with Crippen LogP contribution in [0.3, 0.4) is 0 Å². The monoisotopic (exact) mass is 269 g/mol. The number of hydrogen-bond donors (Lipinski definition) is 1. The number of amides is 2. The van der Waals surface area contributed by atoms with Crippen LogP contribution in [0, 0.1) is 11.8 Å². The molecule has 5 heteroatoms. The highest BCUT2D eigenvalue weighted by Gasteiger charge is 2.48. The van der Waals surface area contributed by atoms with Gasteiger partial charge in [-0.15, -0.1) is 0 Å². The van der Waals surface area contributed by atoms with Gasteiger partial charge in [-0.3, -0.25) is 14.5 Å². The van der Waals surface area contributed by atoms with Gasteiger partial charge in [0.2, 0.25) is 11.8 Å². The van der Waals surface area contributed by atoms with Crippen LogP contribution in [-0.2, 0) is 9.59 Å². The van der Waals surface area contributed by atoms with Crippen molar-refractivity contribution in [3.63, 3.8) is 0 Å². The van der Waals surface area contributed by atoms with Crippen molar-refractivity contribution in [2.75, 3.05) is 18.6 Å². The molecule has 2 amide bonds. The van der Waals surface area contributed by atoms with Gasteiger partial charge in [-0.25, -0.2) is 0 Å². The molecule has 0 spiro atoms. The zero-order valence-corrected chi connectivity index (χ0v) is 11.6. The van der Waals surface area contributed by atoms with Crippen LogP contribution < -0.4 is 0 Å². The van der Waals surface area contributed by atoms with E-state index in [9.17, 15) is 14.7 Å². The largest absolute Gasteiger partial charge is 0.387 e. The molecule has 0 aromatic rings. The molecule has 0 aromatic carbocycles. The maximum atomic E-state index is 12.2. The molecule has 1 aliphatic carbocycles. The van der Waals surface area contributed by atoms with Gasteiger partial charge >= 0.3 is 0 Å². The molecule has 1 N–H and O–H groups in total. The summed E-state index contributed by atoms with van der Waals surface area (Å²) in [6, 6.07) is 0. The lowest BCUT2D eigenvalue weighted by atomic mass is 9.85. The molecule has 3 atom stereocenters. The molecule has 1 heterocycles. The molecule has 1 saturated heterocycles. The number of carbonyl (C=O) groups excluding carboxylic acids is 2. The Morgan fingerprint density at radius 3 is 2.28 bits per heavy atom. The van der Waals surface area contributed by atoms with Crippen LogP contribution in [0.2, 0.25) is 0 Å². The number of β-amino-alcohol motifs (C(OH)–C–C–N with tert-alkyl or cyclic N) is 1. The summed E-state index contributed by atoms with van der Waals surface area (Å²) in [5.74, 6) is -0.121. The van der Waals surface area contributed by atoms with Gasteiger partial charge in [0.05, 0.1) is 24.0 Å². The van der Waals surface area contributed by atoms with Gasteiger partial charge in [0.25, 0.3) is 0 Å². The van der Waals surface area contributed by atoms with Crippen molar-refractivity contribution < 1.29 is 14.7 Å². The smallest absolute Gasteiger partial charge is 0.233 e. The lowest BCUT2D eigenvalue weighted by molar-refractivity contribution is -0.143. The van der Waals surface area contributed by atoms with Gasteiger partial charge in [0.1, 0.15) is 0 Å². The highest BCUT2D eigenvalue weighted by atomic mass is 32.2. The molecule has 0 bridgehead atoms. The number of carbonyl (C=O) groups is 2. The summed E-state index contributed by atoms with van der Waals surface area (Å²) < 4.78 is 0. The predicted molar refractivity (Wildman–Crippen MR) is 71.1 cm³/mol. The molecule has 18 heavy (non-hydrogen) atoms. The molecule has 0 aromatic heterocycles. The first-order valence-electron chi connectivity index (χ1n) is 6.18. The first-order chi connectivity index (χ1) is 8.46. The van der Waals surface area contributed by atoms with Crippen molar-refractivity contribution in [2.24, 2.45) is 11.8 Å². The van der Waals surface area contributed by atoms with Gasteiger partial charge < -0.3 is 5.11 Å². The Balaban J connectivity index is 2.11. The molecule has 4 nitrogen and oxygen atoms in total. The van der Waals surface area contributed by atoms with Crippen LogP contribution in [0.15, 0.2) is 12.2 Å². The number of imide groups is 1. The Kier molecular flexibility index (Phi) is 3.82. The molecule has 100 valence electrons. The van der Waals surface area contributed by atoms with Crippen molar-refractivity contribution in [3.05, 3.63) is 12.2 Å². The maximum absolute atomic E-state index is 12.2. The maximum Gasteiger partial charge on any atom is 0.233 e. The predicted octanol–water partition coefficient (Wildman–Crippen LogP) is 1.05. The van der Waals surface area contributed by atoms with Gasteiger partial charge in [0.15, 0.2) is 0 Å². The van der Waals surface area contributed by atoms with Gasteiger partial charge in [-0.05, 0) is 26.0 Å². The van der Waals surface area contributed by atoms with E-state index in [1.807, 2.05) is 18.4 Å². The quantitative estimate of drug-likeness (QED) is 0.612. The highest BCUT2D eigenvalue weighted by molar-refractivity contribution is 7.98. The van der Waals surface area contributed by atoms with E-state index < -0.39 is 5.60 Å². The van der Waals surface area contributed by atoms with Crippen molar-refractivity contribution in [3.8, 4) is 0 Å². The topological polar surface area (TPSA) is 57.6 Å². The van der Waals surface area contributed by atoms with Crippen LogP contribution in [-0.4, -0.2) is 46.0 Å². The third kappa shape index (κ3) is 2.47. The fraction of sp³-hybridized carbons (Fsp3) is 0.692. The van der Waals surface area contributed by atoms with E-state index in [2.05, 4.69) is 0 Å². The first kappa shape index (κ1) is 13.6. The van der Waals surface area contributed by atoms with Gasteiger partial charge in [-0.2, -0.15) is 11.8 Å². The summed E-state index contributed by atoms with van der Waals surface area (Å²) in [5, 5.41) is 10.2. The number of allylic oxidation sites excluding steroid dienone is 2. The lowest BCUT2D eigenvalue weighted by Crippen LogP contribution is -2.45. The zero-order valence-electron chi connectivity index (χ0n) is 10.8. The van der Waals surface area contributed by atoms with Crippen molar-refractivity contribution in [2.45, 2.75) is 25.4 Å². The molecule has 2 aliphatic rings. The second kappa shape index (κ2) is 5.05. The average molecular weight is 269 g/mol.